The number of hydrogen-bond acceptors (Lipinski definition) is 6. The molecule has 0 aliphatic carbocycles. The third kappa shape index (κ3) is 4.97. The number of carbonyl (C=O) groups excluding carboxylic acids is 4. The molecule has 2 unspecified atom stereocenters. The lowest BCUT2D eigenvalue weighted by molar-refractivity contribution is -0.164. The highest BCUT2D eigenvalue weighted by Crippen LogP contribution is 2.06. The fourth-order valence-corrected chi connectivity index (χ4v) is 1.90. The first-order chi connectivity index (χ1) is 10.2. The summed E-state index contributed by atoms with van der Waals surface area (Å²) in [4.78, 5) is 45.4. The number of amides is 4. The highest BCUT2D eigenvalue weighted by atomic mass is 16.5. The van der Waals surface area contributed by atoms with Crippen molar-refractivity contribution in [3.63, 3.8) is 0 Å². The van der Waals surface area contributed by atoms with Gasteiger partial charge in [0.25, 0.3) is 0 Å². The largest absolute Gasteiger partial charge is 0.342 e. The summed E-state index contributed by atoms with van der Waals surface area (Å²) in [5, 5.41) is 24.3. The van der Waals surface area contributed by atoms with Crippen molar-refractivity contribution in [1.82, 2.24) is 20.8 Å². The molecule has 0 spiro atoms. The van der Waals surface area contributed by atoms with Gasteiger partial charge in [-0.1, -0.05) is 0 Å². The van der Waals surface area contributed by atoms with Crippen molar-refractivity contribution in [3.05, 3.63) is 0 Å². The molecule has 2 atom stereocenters. The van der Waals surface area contributed by atoms with Crippen LogP contribution in [0.1, 0.15) is 26.7 Å². The van der Waals surface area contributed by atoms with Crippen molar-refractivity contribution >= 4 is 23.6 Å². The van der Waals surface area contributed by atoms with Gasteiger partial charge in [0.05, 0.1) is 13.1 Å². The molecule has 0 bridgehead atoms. The van der Waals surface area contributed by atoms with Crippen molar-refractivity contribution in [2.75, 3.05) is 13.1 Å². The lowest BCUT2D eigenvalue weighted by Crippen LogP contribution is -2.62. The van der Waals surface area contributed by atoms with E-state index >= 15 is 0 Å². The van der Waals surface area contributed by atoms with Gasteiger partial charge in [0, 0.05) is 13.8 Å². The van der Waals surface area contributed by atoms with Gasteiger partial charge < -0.3 is 10.6 Å². The van der Waals surface area contributed by atoms with Gasteiger partial charge in [0.1, 0.15) is 12.1 Å². The molecular weight excluding hydrogens is 296 g/mol. The van der Waals surface area contributed by atoms with Gasteiger partial charge in [0.2, 0.25) is 23.6 Å². The molecule has 4 amide bonds. The number of carbonyl (C=O) groups is 4. The zero-order valence-electron chi connectivity index (χ0n) is 12.4. The van der Waals surface area contributed by atoms with Gasteiger partial charge in [-0.2, -0.15) is 0 Å². The second-order valence-corrected chi connectivity index (χ2v) is 4.98. The van der Waals surface area contributed by atoms with Gasteiger partial charge in [-0.15, -0.1) is 0 Å². The minimum absolute atomic E-state index is 0.0694. The van der Waals surface area contributed by atoms with Crippen LogP contribution in [-0.4, -0.2) is 69.3 Å². The molecule has 1 aliphatic rings. The van der Waals surface area contributed by atoms with Crippen LogP contribution in [0.5, 0.6) is 0 Å². The first-order valence-electron chi connectivity index (χ1n) is 6.77. The van der Waals surface area contributed by atoms with Gasteiger partial charge in [-0.3, -0.25) is 29.6 Å². The van der Waals surface area contributed by atoms with Gasteiger partial charge in [-0.05, 0) is 12.8 Å². The summed E-state index contributed by atoms with van der Waals surface area (Å²) in [6, 6.07) is -1.70. The maximum Gasteiger partial charge on any atom is 0.243 e. The molecule has 1 saturated heterocycles. The molecule has 0 radical (unpaired) electrons. The van der Waals surface area contributed by atoms with E-state index in [1.54, 1.807) is 0 Å². The minimum Gasteiger partial charge on any atom is -0.342 e. The average Bonchev–Trinajstić information content (AvgIpc) is 2.45. The first-order valence-corrected chi connectivity index (χ1v) is 6.77. The van der Waals surface area contributed by atoms with Crippen molar-refractivity contribution in [3.8, 4) is 0 Å². The van der Waals surface area contributed by atoms with Crippen LogP contribution in [0, 0.1) is 0 Å². The number of piperazine rings is 1. The normalized spacial score (nSPS) is 20.9. The van der Waals surface area contributed by atoms with Crippen molar-refractivity contribution in [2.45, 2.75) is 38.8 Å². The molecule has 0 aromatic rings. The predicted molar refractivity (Wildman–Crippen MR) is 71.4 cm³/mol. The third-order valence-electron chi connectivity index (χ3n) is 3.25. The molecule has 0 aromatic heterocycles. The quantitative estimate of drug-likeness (QED) is 0.338. The van der Waals surface area contributed by atoms with E-state index in [2.05, 4.69) is 10.6 Å². The molecule has 1 heterocycles. The molecular formula is C12H20N4O6. The Morgan fingerprint density at radius 2 is 1.23 bits per heavy atom. The van der Waals surface area contributed by atoms with Crippen LogP contribution in [0.2, 0.25) is 0 Å². The molecule has 1 aliphatic heterocycles. The van der Waals surface area contributed by atoms with E-state index in [1.807, 2.05) is 0 Å². The van der Waals surface area contributed by atoms with Crippen LogP contribution in [0.3, 0.4) is 0 Å². The topological polar surface area (TPSA) is 139 Å². The number of hydrogen-bond donors (Lipinski definition) is 4. The fourth-order valence-electron chi connectivity index (χ4n) is 1.90. The van der Waals surface area contributed by atoms with E-state index in [0.29, 0.717) is 10.1 Å². The Bertz CT molecular complexity index is 427. The second kappa shape index (κ2) is 7.71. The lowest BCUT2D eigenvalue weighted by atomic mass is 10.1. The minimum atomic E-state index is -0.851. The Morgan fingerprint density at radius 1 is 0.909 bits per heavy atom. The van der Waals surface area contributed by atoms with Crippen molar-refractivity contribution in [2.24, 2.45) is 0 Å². The molecule has 1 rings (SSSR count). The summed E-state index contributed by atoms with van der Waals surface area (Å²) in [6.45, 7) is 2.16. The predicted octanol–water partition coefficient (Wildman–Crippen LogP) is -1.77. The van der Waals surface area contributed by atoms with Crippen molar-refractivity contribution < 1.29 is 29.6 Å². The number of nitrogens with zero attached hydrogens (tertiary/aromatic N) is 2. The van der Waals surface area contributed by atoms with E-state index in [4.69, 9.17) is 0 Å². The van der Waals surface area contributed by atoms with Gasteiger partial charge in [-0.25, -0.2) is 10.1 Å². The number of hydroxylamine groups is 4. The molecule has 4 N–H and O–H groups in total. The molecule has 10 heteroatoms. The summed E-state index contributed by atoms with van der Waals surface area (Å²) >= 11 is 0. The van der Waals surface area contributed by atoms with Crippen LogP contribution in [0.15, 0.2) is 0 Å². The van der Waals surface area contributed by atoms with Gasteiger partial charge >= 0.3 is 0 Å². The van der Waals surface area contributed by atoms with E-state index in [1.165, 1.54) is 13.8 Å². The fraction of sp³-hybridized carbons (Fsp3) is 0.667. The van der Waals surface area contributed by atoms with E-state index in [0.717, 1.165) is 0 Å². The smallest absolute Gasteiger partial charge is 0.243 e. The Hall–Kier alpha value is -2.20. The first kappa shape index (κ1) is 17.9. The zero-order valence-corrected chi connectivity index (χ0v) is 12.4. The number of rotatable bonds is 6. The zero-order chi connectivity index (χ0) is 16.9. The monoisotopic (exact) mass is 316 g/mol. The van der Waals surface area contributed by atoms with Crippen LogP contribution in [0.4, 0.5) is 0 Å². The summed E-state index contributed by atoms with van der Waals surface area (Å²) < 4.78 is 0. The summed E-state index contributed by atoms with van der Waals surface area (Å²) in [7, 11) is 0. The standard InChI is InChI=1S/C12H20N4O6/c1-7(17)15(21)5-3-9-11(19)14-10(12(20)13-9)4-6-16(22)8(2)18/h9-10,21-22H,3-6H2,1-2H3,(H,13,20)(H,14,19). The molecule has 0 aromatic carbocycles. The molecule has 1 fully saturated rings. The van der Waals surface area contributed by atoms with E-state index in [-0.39, 0.29) is 25.9 Å². The maximum absolute atomic E-state index is 11.9. The molecule has 0 saturated carbocycles. The van der Waals surface area contributed by atoms with Crippen LogP contribution in [-0.2, 0) is 19.2 Å². The Kier molecular flexibility index (Phi) is 6.25. The maximum atomic E-state index is 11.9. The average molecular weight is 316 g/mol. The van der Waals surface area contributed by atoms with Crippen LogP contribution >= 0.6 is 0 Å². The summed E-state index contributed by atoms with van der Waals surface area (Å²) in [5.41, 5.74) is 0. The van der Waals surface area contributed by atoms with E-state index < -0.39 is 35.7 Å². The van der Waals surface area contributed by atoms with Crippen LogP contribution in [0.25, 0.3) is 0 Å². The number of nitrogens with one attached hydrogen (secondary N) is 2. The van der Waals surface area contributed by atoms with Crippen LogP contribution < -0.4 is 10.6 Å². The Morgan fingerprint density at radius 3 is 1.50 bits per heavy atom. The SMILES string of the molecule is CC(=O)N(O)CCC1NC(=O)C(CCN(O)C(C)=O)NC1=O. The molecule has 124 valence electrons. The molecule has 22 heavy (non-hydrogen) atoms. The Balaban J connectivity index is 2.47. The van der Waals surface area contributed by atoms with Gasteiger partial charge in [0.15, 0.2) is 0 Å². The Labute approximate surface area is 127 Å². The van der Waals surface area contributed by atoms with Crippen molar-refractivity contribution in [1.29, 1.82) is 0 Å². The van der Waals surface area contributed by atoms with E-state index in [9.17, 15) is 29.6 Å². The summed E-state index contributed by atoms with van der Waals surface area (Å²) in [6.07, 6.45) is 0.139. The highest BCUT2D eigenvalue weighted by Gasteiger charge is 2.33. The third-order valence-corrected chi connectivity index (χ3v) is 3.25. The lowest BCUT2D eigenvalue weighted by Gasteiger charge is -2.30. The second-order valence-electron chi connectivity index (χ2n) is 4.98. The summed E-state index contributed by atoms with van der Waals surface area (Å²) in [5.74, 6) is -2.02. The highest BCUT2D eigenvalue weighted by molar-refractivity contribution is 5.96. The molecule has 10 nitrogen and oxygen atoms in total.